The van der Waals surface area contributed by atoms with Crippen LogP contribution in [-0.4, -0.2) is 56.1 Å². The second-order valence-corrected chi connectivity index (χ2v) is 14.2. The standard InChI is InChI=1S/C35H43N7O3S/c1-24-13-14-26(21-33(45)42-18-17-35(2,3)23-42)19-27(24)22-31(44)37-34-41-40-32(46-34)12-8-7-11-28-15-16-29(39-38-28)36-30(43)20-25-9-5-4-6-10-25/h4-6,9-10,13-16,19,24,27H,7-8,11-12,17-18,20-23H2,1-3H3,(H,36,39,43)(H,37,41,44). The number of aromatic nitrogens is 4. The van der Waals surface area contributed by atoms with Gasteiger partial charge in [-0.15, -0.1) is 15.3 Å². The molecule has 1 aliphatic heterocycles. The number of unbranched alkanes of at least 4 members (excludes halogenated alkanes) is 1. The molecule has 0 bridgehead atoms. The van der Waals surface area contributed by atoms with Crippen molar-refractivity contribution in [3.05, 3.63) is 82.5 Å². The lowest BCUT2D eigenvalue weighted by Crippen LogP contribution is -2.30. The second kappa shape index (κ2) is 15.4. The fourth-order valence-corrected chi connectivity index (χ4v) is 6.57. The van der Waals surface area contributed by atoms with E-state index < -0.39 is 0 Å². The SMILES string of the molecule is CC1C=CC(CC(=O)N2CCC(C)(C)C2)=CC1CC(=O)Nc1nnc(CCCCc2ccc(NC(=O)Cc3ccccc3)nn2)s1. The lowest BCUT2D eigenvalue weighted by Gasteiger charge is -2.24. The van der Waals surface area contributed by atoms with Crippen LogP contribution in [0, 0.1) is 17.3 Å². The van der Waals surface area contributed by atoms with Crippen molar-refractivity contribution < 1.29 is 14.4 Å². The molecule has 0 saturated carbocycles. The Morgan fingerprint density at radius 1 is 0.935 bits per heavy atom. The first-order chi connectivity index (χ1) is 22.1. The molecule has 2 atom stereocenters. The molecule has 3 heterocycles. The van der Waals surface area contributed by atoms with E-state index in [9.17, 15) is 14.4 Å². The van der Waals surface area contributed by atoms with Gasteiger partial charge in [0.15, 0.2) is 5.82 Å². The third-order valence-electron chi connectivity index (χ3n) is 8.51. The predicted octanol–water partition coefficient (Wildman–Crippen LogP) is 5.80. The van der Waals surface area contributed by atoms with Crippen LogP contribution in [0.2, 0.25) is 0 Å². The lowest BCUT2D eigenvalue weighted by atomic mass is 9.84. The minimum absolute atomic E-state index is 0.0259. The summed E-state index contributed by atoms with van der Waals surface area (Å²) in [6.07, 6.45) is 11.6. The molecule has 3 aromatic rings. The molecule has 2 aliphatic rings. The Kier molecular flexibility index (Phi) is 11.1. The topological polar surface area (TPSA) is 130 Å². The van der Waals surface area contributed by atoms with Gasteiger partial charge in [0.25, 0.3) is 0 Å². The van der Waals surface area contributed by atoms with E-state index in [1.807, 2.05) is 47.4 Å². The molecule has 1 fully saturated rings. The average Bonchev–Trinajstić information content (AvgIpc) is 3.63. The highest BCUT2D eigenvalue weighted by Gasteiger charge is 2.32. The molecule has 46 heavy (non-hydrogen) atoms. The number of nitrogens with zero attached hydrogens (tertiary/aromatic N) is 5. The maximum absolute atomic E-state index is 12.9. The zero-order chi connectivity index (χ0) is 32.5. The predicted molar refractivity (Wildman–Crippen MR) is 180 cm³/mol. The van der Waals surface area contributed by atoms with Crippen LogP contribution < -0.4 is 10.6 Å². The summed E-state index contributed by atoms with van der Waals surface area (Å²) in [5.41, 5.74) is 2.97. The van der Waals surface area contributed by atoms with Crippen LogP contribution in [0.25, 0.3) is 0 Å². The van der Waals surface area contributed by atoms with Crippen molar-refractivity contribution in [2.24, 2.45) is 17.3 Å². The van der Waals surface area contributed by atoms with Crippen LogP contribution in [0.3, 0.4) is 0 Å². The Morgan fingerprint density at radius 2 is 1.74 bits per heavy atom. The summed E-state index contributed by atoms with van der Waals surface area (Å²) < 4.78 is 0. The number of amides is 3. The van der Waals surface area contributed by atoms with Gasteiger partial charge < -0.3 is 15.5 Å². The van der Waals surface area contributed by atoms with Gasteiger partial charge in [-0.2, -0.15) is 5.10 Å². The van der Waals surface area contributed by atoms with E-state index in [4.69, 9.17) is 0 Å². The minimum atomic E-state index is -0.127. The van der Waals surface area contributed by atoms with E-state index in [0.29, 0.717) is 23.8 Å². The summed E-state index contributed by atoms with van der Waals surface area (Å²) in [6.45, 7) is 8.12. The highest BCUT2D eigenvalue weighted by Crippen LogP contribution is 2.31. The minimum Gasteiger partial charge on any atom is -0.342 e. The summed E-state index contributed by atoms with van der Waals surface area (Å²) in [7, 11) is 0. The maximum Gasteiger partial charge on any atom is 0.229 e. The quantitative estimate of drug-likeness (QED) is 0.226. The Hall–Kier alpha value is -4.25. The fraction of sp³-hybridized carbons (Fsp3) is 0.457. The average molecular weight is 642 g/mol. The summed E-state index contributed by atoms with van der Waals surface area (Å²) >= 11 is 1.40. The van der Waals surface area contributed by atoms with E-state index in [1.54, 1.807) is 6.07 Å². The maximum atomic E-state index is 12.9. The van der Waals surface area contributed by atoms with Gasteiger partial charge in [-0.1, -0.05) is 80.7 Å². The van der Waals surface area contributed by atoms with Crippen molar-refractivity contribution in [1.82, 2.24) is 25.3 Å². The second-order valence-electron chi connectivity index (χ2n) is 13.1. The number of allylic oxidation sites excluding steroid dienone is 3. The van der Waals surface area contributed by atoms with Crippen LogP contribution in [0.1, 0.15) is 69.1 Å². The molecule has 2 N–H and O–H groups in total. The van der Waals surface area contributed by atoms with Crippen LogP contribution in [-0.2, 0) is 33.6 Å². The summed E-state index contributed by atoms with van der Waals surface area (Å²) in [5, 5.41) is 23.9. The molecule has 0 radical (unpaired) electrons. The zero-order valence-corrected chi connectivity index (χ0v) is 27.7. The Morgan fingerprint density at radius 3 is 2.48 bits per heavy atom. The molecule has 1 aromatic carbocycles. The van der Waals surface area contributed by atoms with Crippen molar-refractivity contribution >= 4 is 40.0 Å². The molecule has 11 heteroatoms. The first-order valence-corrected chi connectivity index (χ1v) is 16.9. The molecule has 2 aromatic heterocycles. The molecule has 1 saturated heterocycles. The Balaban J connectivity index is 1.01. The van der Waals surface area contributed by atoms with Crippen molar-refractivity contribution in [2.75, 3.05) is 23.7 Å². The van der Waals surface area contributed by atoms with Crippen LogP contribution in [0.4, 0.5) is 10.9 Å². The van der Waals surface area contributed by atoms with Gasteiger partial charge in [0.1, 0.15) is 5.01 Å². The van der Waals surface area contributed by atoms with Crippen molar-refractivity contribution in [2.45, 2.75) is 72.1 Å². The summed E-state index contributed by atoms with van der Waals surface area (Å²) in [4.78, 5) is 40.0. The summed E-state index contributed by atoms with van der Waals surface area (Å²) in [5.74, 6) is 0.606. The molecular weight excluding hydrogens is 598 g/mol. The molecule has 0 spiro atoms. The molecular formula is C35H43N7O3S. The van der Waals surface area contributed by atoms with E-state index in [0.717, 1.165) is 67.0 Å². The molecule has 5 rings (SSSR count). The van der Waals surface area contributed by atoms with E-state index in [2.05, 4.69) is 64.0 Å². The number of anilines is 2. The Labute approximate surface area is 274 Å². The number of carbonyl (C=O) groups excluding carboxylic acids is 3. The molecule has 2 unspecified atom stereocenters. The first-order valence-electron chi connectivity index (χ1n) is 16.1. The van der Waals surface area contributed by atoms with Crippen molar-refractivity contribution in [1.29, 1.82) is 0 Å². The number of hydrogen-bond acceptors (Lipinski definition) is 8. The number of hydrogen-bond donors (Lipinski definition) is 2. The largest absolute Gasteiger partial charge is 0.342 e. The number of rotatable bonds is 13. The van der Waals surface area contributed by atoms with Gasteiger partial charge in [-0.25, -0.2) is 0 Å². The third-order valence-corrected chi connectivity index (χ3v) is 9.40. The van der Waals surface area contributed by atoms with Gasteiger partial charge in [0, 0.05) is 25.9 Å². The fourth-order valence-electron chi connectivity index (χ4n) is 5.77. The van der Waals surface area contributed by atoms with Crippen LogP contribution >= 0.6 is 11.3 Å². The number of likely N-dealkylation sites (tertiary alicyclic amines) is 1. The highest BCUT2D eigenvalue weighted by molar-refractivity contribution is 7.15. The monoisotopic (exact) mass is 641 g/mol. The number of aryl methyl sites for hydroxylation is 2. The lowest BCUT2D eigenvalue weighted by molar-refractivity contribution is -0.129. The van der Waals surface area contributed by atoms with Gasteiger partial charge >= 0.3 is 0 Å². The molecule has 242 valence electrons. The first kappa shape index (κ1) is 33.1. The van der Waals surface area contributed by atoms with E-state index in [-0.39, 0.29) is 41.4 Å². The molecule has 10 nitrogen and oxygen atoms in total. The van der Waals surface area contributed by atoms with Crippen LogP contribution in [0.5, 0.6) is 0 Å². The third kappa shape index (κ3) is 9.87. The van der Waals surface area contributed by atoms with Crippen molar-refractivity contribution in [3.8, 4) is 0 Å². The smallest absolute Gasteiger partial charge is 0.229 e. The normalized spacial score (nSPS) is 18.7. The number of carbonyl (C=O) groups is 3. The van der Waals surface area contributed by atoms with Crippen LogP contribution in [0.15, 0.2) is 66.3 Å². The van der Waals surface area contributed by atoms with Gasteiger partial charge in [-0.05, 0) is 66.2 Å². The van der Waals surface area contributed by atoms with Gasteiger partial charge in [0.05, 0.1) is 18.5 Å². The highest BCUT2D eigenvalue weighted by atomic mass is 32.1. The summed E-state index contributed by atoms with van der Waals surface area (Å²) in [6, 6.07) is 13.2. The van der Waals surface area contributed by atoms with Gasteiger partial charge in [-0.3, -0.25) is 14.4 Å². The van der Waals surface area contributed by atoms with E-state index in [1.165, 1.54) is 11.3 Å². The number of benzene rings is 1. The van der Waals surface area contributed by atoms with Gasteiger partial charge in [0.2, 0.25) is 22.9 Å². The molecule has 3 amide bonds. The Bertz CT molecular complexity index is 1570. The zero-order valence-electron chi connectivity index (χ0n) is 26.9. The van der Waals surface area contributed by atoms with E-state index >= 15 is 0 Å². The number of nitrogens with one attached hydrogen (secondary N) is 2. The van der Waals surface area contributed by atoms with Crippen molar-refractivity contribution in [3.63, 3.8) is 0 Å². The molecule has 1 aliphatic carbocycles.